The van der Waals surface area contributed by atoms with Crippen molar-refractivity contribution in [3.8, 4) is 11.1 Å². The summed E-state index contributed by atoms with van der Waals surface area (Å²) in [5.74, 6) is -0.266. The molecule has 2 aromatic carbocycles. The van der Waals surface area contributed by atoms with E-state index in [0.717, 1.165) is 41.6 Å². The van der Waals surface area contributed by atoms with Crippen molar-refractivity contribution in [2.75, 3.05) is 25.1 Å². The Morgan fingerprint density at radius 1 is 1.00 bits per heavy atom. The lowest BCUT2D eigenvalue weighted by molar-refractivity contribution is -0.138. The number of esters is 1. The molecule has 5 heteroatoms. The summed E-state index contributed by atoms with van der Waals surface area (Å²) in [6, 6.07) is 15.8. The highest BCUT2D eigenvalue weighted by Gasteiger charge is 2.11. The number of hydrogen-bond donors (Lipinski definition) is 1. The van der Waals surface area contributed by atoms with Gasteiger partial charge in [-0.05, 0) is 54.7 Å². The van der Waals surface area contributed by atoms with Gasteiger partial charge in [0.05, 0.1) is 6.61 Å². The van der Waals surface area contributed by atoms with Gasteiger partial charge in [0.2, 0.25) is 0 Å². The topological polar surface area (TPSA) is 58.6 Å². The Kier molecular flexibility index (Phi) is 9.82. The lowest BCUT2D eigenvalue weighted by atomic mass is 10.0. The number of rotatable bonds is 10. The summed E-state index contributed by atoms with van der Waals surface area (Å²) in [4.78, 5) is 26.0. The molecule has 0 spiro atoms. The smallest absolute Gasteiger partial charge is 0.333 e. The predicted octanol–water partition coefficient (Wildman–Crippen LogP) is 6.05. The molecule has 0 radical (unpaired) electrons. The van der Waals surface area contributed by atoms with Crippen LogP contribution in [-0.4, -0.2) is 32.2 Å². The standard InChI is InChI=1S/C26H34N2O3/c1-5-8-9-17-27-26(30)28(4)24-12-10-11-23(19-24)22-15-13-20(14-16-22)18-21(6-2)25(29)31-7-3/h10-16,18-19H,5-9,17H2,1-4H3,(H,27,30). The van der Waals surface area contributed by atoms with E-state index in [1.54, 1.807) is 11.9 Å². The van der Waals surface area contributed by atoms with E-state index >= 15 is 0 Å². The highest BCUT2D eigenvalue weighted by Crippen LogP contribution is 2.25. The van der Waals surface area contributed by atoms with Crippen molar-refractivity contribution in [2.45, 2.75) is 46.5 Å². The molecule has 0 aromatic heterocycles. The molecule has 5 nitrogen and oxygen atoms in total. The fourth-order valence-electron chi connectivity index (χ4n) is 3.20. The first kappa shape index (κ1) is 24.2. The maximum Gasteiger partial charge on any atom is 0.333 e. The maximum atomic E-state index is 12.4. The molecule has 0 saturated carbocycles. The van der Waals surface area contributed by atoms with Crippen LogP contribution in [0.15, 0.2) is 54.1 Å². The Morgan fingerprint density at radius 2 is 1.74 bits per heavy atom. The van der Waals surface area contributed by atoms with Crippen molar-refractivity contribution in [3.63, 3.8) is 0 Å². The van der Waals surface area contributed by atoms with E-state index in [1.807, 2.05) is 68.5 Å². The summed E-state index contributed by atoms with van der Waals surface area (Å²) < 4.78 is 5.11. The average molecular weight is 423 g/mol. The number of nitrogens with zero attached hydrogens (tertiary/aromatic N) is 1. The van der Waals surface area contributed by atoms with Gasteiger partial charge in [-0.1, -0.05) is 63.1 Å². The van der Waals surface area contributed by atoms with Crippen LogP contribution in [0.3, 0.4) is 0 Å². The predicted molar refractivity (Wildman–Crippen MR) is 128 cm³/mol. The second kappa shape index (κ2) is 12.6. The fourth-order valence-corrected chi connectivity index (χ4v) is 3.20. The first-order valence-electron chi connectivity index (χ1n) is 11.1. The second-order valence-corrected chi connectivity index (χ2v) is 7.41. The van der Waals surface area contributed by atoms with E-state index in [9.17, 15) is 9.59 Å². The molecule has 0 aliphatic carbocycles. The van der Waals surface area contributed by atoms with Crippen LogP contribution in [0.4, 0.5) is 10.5 Å². The molecular formula is C26H34N2O3. The van der Waals surface area contributed by atoms with Gasteiger partial charge in [-0.3, -0.25) is 4.90 Å². The number of anilines is 1. The van der Waals surface area contributed by atoms with Crippen LogP contribution in [0.5, 0.6) is 0 Å². The number of carbonyl (C=O) groups excluding carboxylic acids is 2. The van der Waals surface area contributed by atoms with Crippen LogP contribution in [0.1, 0.15) is 52.0 Å². The molecule has 0 atom stereocenters. The number of benzene rings is 2. The SMILES string of the molecule is CCCCCNC(=O)N(C)c1cccc(-c2ccc(C=C(CC)C(=O)OCC)cc2)c1. The third-order valence-electron chi connectivity index (χ3n) is 5.10. The van der Waals surface area contributed by atoms with Crippen molar-refractivity contribution < 1.29 is 14.3 Å². The molecule has 1 N–H and O–H groups in total. The van der Waals surface area contributed by atoms with Crippen LogP contribution in [-0.2, 0) is 9.53 Å². The van der Waals surface area contributed by atoms with Gasteiger partial charge in [-0.15, -0.1) is 0 Å². The van der Waals surface area contributed by atoms with Gasteiger partial charge in [-0.2, -0.15) is 0 Å². The minimum absolute atomic E-state index is 0.0974. The van der Waals surface area contributed by atoms with Gasteiger partial charge in [0.1, 0.15) is 0 Å². The highest BCUT2D eigenvalue weighted by molar-refractivity contribution is 5.94. The lowest BCUT2D eigenvalue weighted by Gasteiger charge is -2.19. The molecule has 0 aliphatic rings. The second-order valence-electron chi connectivity index (χ2n) is 7.41. The molecule has 0 unspecified atom stereocenters. The van der Waals surface area contributed by atoms with Crippen LogP contribution in [0, 0.1) is 0 Å². The highest BCUT2D eigenvalue weighted by atomic mass is 16.5. The average Bonchev–Trinajstić information content (AvgIpc) is 2.80. The van der Waals surface area contributed by atoms with Crippen molar-refractivity contribution in [1.82, 2.24) is 5.32 Å². The third kappa shape index (κ3) is 7.28. The first-order valence-corrected chi connectivity index (χ1v) is 11.1. The van der Waals surface area contributed by atoms with E-state index in [1.165, 1.54) is 0 Å². The van der Waals surface area contributed by atoms with E-state index in [0.29, 0.717) is 25.1 Å². The van der Waals surface area contributed by atoms with Crippen LogP contribution >= 0.6 is 0 Å². The Labute approximate surface area is 186 Å². The summed E-state index contributed by atoms with van der Waals surface area (Å²) in [5.41, 5.74) is 4.52. The van der Waals surface area contributed by atoms with Crippen molar-refractivity contribution in [3.05, 3.63) is 59.7 Å². The summed E-state index contributed by atoms with van der Waals surface area (Å²) in [6.07, 6.45) is 5.73. The number of nitrogens with one attached hydrogen (secondary N) is 1. The van der Waals surface area contributed by atoms with Crippen molar-refractivity contribution in [2.24, 2.45) is 0 Å². The molecule has 0 heterocycles. The van der Waals surface area contributed by atoms with Gasteiger partial charge >= 0.3 is 12.0 Å². The minimum Gasteiger partial charge on any atom is -0.463 e. The van der Waals surface area contributed by atoms with E-state index in [2.05, 4.69) is 12.2 Å². The molecule has 0 aliphatic heterocycles. The van der Waals surface area contributed by atoms with Gasteiger partial charge in [-0.25, -0.2) is 9.59 Å². The number of hydrogen-bond acceptors (Lipinski definition) is 3. The van der Waals surface area contributed by atoms with Crippen molar-refractivity contribution >= 4 is 23.8 Å². The van der Waals surface area contributed by atoms with Gasteiger partial charge in [0.15, 0.2) is 0 Å². The largest absolute Gasteiger partial charge is 0.463 e. The maximum absolute atomic E-state index is 12.4. The number of unbranched alkanes of at least 4 members (excludes halogenated alkanes) is 2. The quantitative estimate of drug-likeness (QED) is 0.288. The number of ether oxygens (including phenoxy) is 1. The Hall–Kier alpha value is -3.08. The molecule has 2 aromatic rings. The zero-order valence-electron chi connectivity index (χ0n) is 19.1. The van der Waals surface area contributed by atoms with Crippen LogP contribution in [0.2, 0.25) is 0 Å². The lowest BCUT2D eigenvalue weighted by Crippen LogP contribution is -2.37. The summed E-state index contributed by atoms with van der Waals surface area (Å²) >= 11 is 0. The summed E-state index contributed by atoms with van der Waals surface area (Å²) in [6.45, 7) is 6.96. The molecule has 166 valence electrons. The molecule has 0 fully saturated rings. The fraction of sp³-hybridized carbons (Fsp3) is 0.385. The molecular weight excluding hydrogens is 388 g/mol. The minimum atomic E-state index is -0.266. The normalized spacial score (nSPS) is 11.2. The van der Waals surface area contributed by atoms with Gasteiger partial charge in [0, 0.05) is 24.9 Å². The van der Waals surface area contributed by atoms with E-state index in [4.69, 9.17) is 4.74 Å². The van der Waals surface area contributed by atoms with Gasteiger partial charge in [0.25, 0.3) is 0 Å². The molecule has 0 saturated heterocycles. The van der Waals surface area contributed by atoms with Crippen LogP contribution in [0.25, 0.3) is 17.2 Å². The summed E-state index contributed by atoms with van der Waals surface area (Å²) in [5, 5.41) is 2.97. The zero-order valence-corrected chi connectivity index (χ0v) is 19.1. The summed E-state index contributed by atoms with van der Waals surface area (Å²) in [7, 11) is 1.78. The van der Waals surface area contributed by atoms with Gasteiger partial charge < -0.3 is 10.1 Å². The van der Waals surface area contributed by atoms with Crippen LogP contribution < -0.4 is 10.2 Å². The molecule has 0 bridgehead atoms. The monoisotopic (exact) mass is 422 g/mol. The third-order valence-corrected chi connectivity index (χ3v) is 5.10. The molecule has 2 amide bonds. The first-order chi connectivity index (χ1) is 15.0. The Balaban J connectivity index is 2.12. The zero-order chi connectivity index (χ0) is 22.6. The number of urea groups is 1. The number of carbonyl (C=O) groups is 2. The van der Waals surface area contributed by atoms with Crippen molar-refractivity contribution in [1.29, 1.82) is 0 Å². The van der Waals surface area contributed by atoms with E-state index in [-0.39, 0.29) is 12.0 Å². The number of amides is 2. The van der Waals surface area contributed by atoms with E-state index < -0.39 is 0 Å². The Bertz CT molecular complexity index is 888. The molecule has 2 rings (SSSR count). The molecule has 31 heavy (non-hydrogen) atoms. The Morgan fingerprint density at radius 3 is 2.39 bits per heavy atom.